The third-order valence-corrected chi connectivity index (χ3v) is 5.63. The van der Waals surface area contributed by atoms with Crippen LogP contribution in [0.1, 0.15) is 44.7 Å². The van der Waals surface area contributed by atoms with Crippen LogP contribution in [0.4, 0.5) is 0 Å². The summed E-state index contributed by atoms with van der Waals surface area (Å²) >= 11 is 5.94. The Morgan fingerprint density at radius 1 is 1.11 bits per heavy atom. The number of carbonyl (C=O) groups is 3. The molecule has 1 fully saturated rings. The summed E-state index contributed by atoms with van der Waals surface area (Å²) in [5.41, 5.74) is 0.980. The van der Waals surface area contributed by atoms with E-state index in [9.17, 15) is 14.4 Å². The highest BCUT2D eigenvalue weighted by Gasteiger charge is 2.46. The Kier molecular flexibility index (Phi) is 6.00. The molecule has 0 spiro atoms. The quantitative estimate of drug-likeness (QED) is 0.599. The van der Waals surface area contributed by atoms with E-state index in [0.717, 1.165) is 5.56 Å². The largest absolute Gasteiger partial charge is 0.349 e. The van der Waals surface area contributed by atoms with Crippen LogP contribution in [-0.4, -0.2) is 29.2 Å². The normalized spacial score (nSPS) is 22.9. The van der Waals surface area contributed by atoms with Crippen molar-refractivity contribution in [1.29, 1.82) is 0 Å². The Morgan fingerprint density at radius 2 is 1.67 bits per heavy atom. The SMILES string of the molecule is CC(C)C(NC(=O)CCN1C(=O)C2CC=CCC2C1=O)c1ccc(Cl)cc1. The molecule has 1 aromatic carbocycles. The Bertz CT molecular complexity index is 731. The van der Waals surface area contributed by atoms with Crippen molar-refractivity contribution >= 4 is 29.3 Å². The maximum Gasteiger partial charge on any atom is 0.233 e. The molecule has 0 aromatic heterocycles. The molecule has 1 aliphatic carbocycles. The number of nitrogens with one attached hydrogen (secondary N) is 1. The number of amides is 3. The Labute approximate surface area is 164 Å². The van der Waals surface area contributed by atoms with E-state index in [0.29, 0.717) is 17.9 Å². The van der Waals surface area contributed by atoms with Gasteiger partial charge in [-0.15, -0.1) is 0 Å². The van der Waals surface area contributed by atoms with E-state index in [1.165, 1.54) is 4.90 Å². The second-order valence-electron chi connectivity index (χ2n) is 7.57. The molecule has 3 atom stereocenters. The van der Waals surface area contributed by atoms with Crippen molar-refractivity contribution in [2.24, 2.45) is 17.8 Å². The molecule has 5 nitrogen and oxygen atoms in total. The number of nitrogens with zero attached hydrogens (tertiary/aromatic N) is 1. The molecular formula is C21H25ClN2O3. The molecule has 3 amide bonds. The monoisotopic (exact) mass is 388 g/mol. The van der Waals surface area contributed by atoms with Crippen molar-refractivity contribution < 1.29 is 14.4 Å². The van der Waals surface area contributed by atoms with Crippen LogP contribution in [0.25, 0.3) is 0 Å². The zero-order valence-corrected chi connectivity index (χ0v) is 16.4. The molecule has 1 heterocycles. The highest BCUT2D eigenvalue weighted by molar-refractivity contribution is 6.30. The molecule has 27 heavy (non-hydrogen) atoms. The van der Waals surface area contributed by atoms with Gasteiger partial charge >= 0.3 is 0 Å². The van der Waals surface area contributed by atoms with Crippen molar-refractivity contribution in [3.8, 4) is 0 Å². The Balaban J connectivity index is 1.59. The number of likely N-dealkylation sites (tertiary alicyclic amines) is 1. The molecule has 3 unspecified atom stereocenters. The van der Waals surface area contributed by atoms with Crippen LogP contribution in [0, 0.1) is 17.8 Å². The Hall–Kier alpha value is -2.14. The number of benzene rings is 1. The number of halogens is 1. The number of fused-ring (bicyclic) bond motifs is 1. The third-order valence-electron chi connectivity index (χ3n) is 5.37. The van der Waals surface area contributed by atoms with Crippen LogP contribution < -0.4 is 5.32 Å². The second-order valence-corrected chi connectivity index (χ2v) is 8.01. The molecule has 144 valence electrons. The summed E-state index contributed by atoms with van der Waals surface area (Å²) in [7, 11) is 0. The predicted octanol–water partition coefficient (Wildman–Crippen LogP) is 3.49. The molecule has 1 aliphatic heterocycles. The minimum absolute atomic E-state index is 0.112. The second kappa shape index (κ2) is 8.26. The van der Waals surface area contributed by atoms with E-state index >= 15 is 0 Å². The summed E-state index contributed by atoms with van der Waals surface area (Å²) in [5, 5.41) is 3.67. The lowest BCUT2D eigenvalue weighted by molar-refractivity contribution is -0.140. The van der Waals surface area contributed by atoms with Gasteiger partial charge in [0, 0.05) is 18.0 Å². The van der Waals surface area contributed by atoms with Crippen LogP contribution in [0.3, 0.4) is 0 Å². The van der Waals surface area contributed by atoms with Gasteiger partial charge < -0.3 is 5.32 Å². The third kappa shape index (κ3) is 4.24. The smallest absolute Gasteiger partial charge is 0.233 e. The summed E-state index contributed by atoms with van der Waals surface area (Å²) in [6.07, 6.45) is 5.26. The van der Waals surface area contributed by atoms with Crippen LogP contribution in [0.15, 0.2) is 36.4 Å². The highest BCUT2D eigenvalue weighted by atomic mass is 35.5. The zero-order chi connectivity index (χ0) is 19.6. The first kappa shape index (κ1) is 19.6. The van der Waals surface area contributed by atoms with Gasteiger partial charge in [-0.1, -0.05) is 49.7 Å². The van der Waals surface area contributed by atoms with E-state index in [-0.39, 0.29) is 54.5 Å². The lowest BCUT2D eigenvalue weighted by Crippen LogP contribution is -2.37. The minimum atomic E-state index is -0.247. The van der Waals surface area contributed by atoms with Crippen LogP contribution in [0.2, 0.25) is 5.02 Å². The fourth-order valence-electron chi connectivity index (χ4n) is 3.85. The maximum absolute atomic E-state index is 12.5. The number of hydrogen-bond donors (Lipinski definition) is 1. The fraction of sp³-hybridized carbons (Fsp3) is 0.476. The van der Waals surface area contributed by atoms with Crippen molar-refractivity contribution in [3.05, 3.63) is 47.0 Å². The van der Waals surface area contributed by atoms with Gasteiger partial charge in [0.25, 0.3) is 0 Å². The molecule has 1 saturated heterocycles. The average molecular weight is 389 g/mol. The molecule has 0 saturated carbocycles. The molecule has 6 heteroatoms. The number of allylic oxidation sites excluding steroid dienone is 2. The van der Waals surface area contributed by atoms with Crippen molar-refractivity contribution in [3.63, 3.8) is 0 Å². The fourth-order valence-corrected chi connectivity index (χ4v) is 3.98. The van der Waals surface area contributed by atoms with Gasteiger partial charge in [-0.25, -0.2) is 0 Å². The molecule has 3 rings (SSSR count). The molecule has 1 aromatic rings. The first-order valence-electron chi connectivity index (χ1n) is 9.43. The number of imide groups is 1. The summed E-state index contributed by atoms with van der Waals surface area (Å²) in [5.74, 6) is -0.747. The summed E-state index contributed by atoms with van der Waals surface area (Å²) < 4.78 is 0. The van der Waals surface area contributed by atoms with Crippen molar-refractivity contribution in [2.75, 3.05) is 6.54 Å². The van der Waals surface area contributed by atoms with E-state index in [2.05, 4.69) is 5.32 Å². The van der Waals surface area contributed by atoms with Crippen molar-refractivity contribution in [2.45, 2.75) is 39.2 Å². The molecule has 2 aliphatic rings. The topological polar surface area (TPSA) is 66.5 Å². The highest BCUT2D eigenvalue weighted by Crippen LogP contribution is 2.35. The average Bonchev–Trinajstić information content (AvgIpc) is 2.90. The summed E-state index contributed by atoms with van der Waals surface area (Å²) in [4.78, 5) is 38.7. The van der Waals surface area contributed by atoms with Crippen LogP contribution >= 0.6 is 11.6 Å². The maximum atomic E-state index is 12.5. The minimum Gasteiger partial charge on any atom is -0.349 e. The first-order valence-corrected chi connectivity index (χ1v) is 9.81. The van der Waals surface area contributed by atoms with Gasteiger partial charge in [-0.05, 0) is 36.5 Å². The van der Waals surface area contributed by atoms with Gasteiger partial charge in [0.15, 0.2) is 0 Å². The van der Waals surface area contributed by atoms with Gasteiger partial charge in [0.1, 0.15) is 0 Å². The zero-order valence-electron chi connectivity index (χ0n) is 15.7. The summed E-state index contributed by atoms with van der Waals surface area (Å²) in [6.45, 7) is 4.21. The van der Waals surface area contributed by atoms with Crippen LogP contribution in [0.5, 0.6) is 0 Å². The van der Waals surface area contributed by atoms with E-state index in [4.69, 9.17) is 11.6 Å². The van der Waals surface area contributed by atoms with E-state index in [1.54, 1.807) is 12.1 Å². The molecule has 0 bridgehead atoms. The summed E-state index contributed by atoms with van der Waals surface area (Å²) in [6, 6.07) is 7.26. The molecular weight excluding hydrogens is 364 g/mol. The lowest BCUT2D eigenvalue weighted by Gasteiger charge is -2.23. The number of carbonyl (C=O) groups excluding carboxylic acids is 3. The van der Waals surface area contributed by atoms with Crippen molar-refractivity contribution in [1.82, 2.24) is 10.2 Å². The number of rotatable bonds is 6. The predicted molar refractivity (Wildman–Crippen MR) is 104 cm³/mol. The Morgan fingerprint density at radius 3 is 2.19 bits per heavy atom. The van der Waals surface area contributed by atoms with E-state index < -0.39 is 0 Å². The van der Waals surface area contributed by atoms with Gasteiger partial charge in [0.05, 0.1) is 17.9 Å². The van der Waals surface area contributed by atoms with Crippen LogP contribution in [-0.2, 0) is 14.4 Å². The first-order chi connectivity index (χ1) is 12.9. The van der Waals surface area contributed by atoms with Gasteiger partial charge in [-0.2, -0.15) is 0 Å². The lowest BCUT2D eigenvalue weighted by atomic mass is 9.85. The molecule has 1 N–H and O–H groups in total. The molecule has 0 radical (unpaired) electrons. The van der Waals surface area contributed by atoms with E-state index in [1.807, 2.05) is 38.1 Å². The van der Waals surface area contributed by atoms with Gasteiger partial charge in [-0.3, -0.25) is 19.3 Å². The standard InChI is InChI=1S/C21H25ClN2O3/c1-13(2)19(14-7-9-15(22)10-8-14)23-18(25)11-12-24-20(26)16-5-3-4-6-17(16)21(24)27/h3-4,7-10,13,16-17,19H,5-6,11-12H2,1-2H3,(H,23,25). The number of hydrogen-bond acceptors (Lipinski definition) is 3. The van der Waals surface area contributed by atoms with Gasteiger partial charge in [0.2, 0.25) is 17.7 Å².